The Morgan fingerprint density at radius 1 is 0.781 bits per heavy atom. The molecule has 3 aromatic rings. The number of carbonyl (C=O) groups excluding carboxylic acids is 2. The van der Waals surface area contributed by atoms with Crippen molar-refractivity contribution in [1.82, 2.24) is 5.32 Å². The Morgan fingerprint density at radius 3 is 2.09 bits per heavy atom. The normalized spacial score (nSPS) is 10.8. The molecule has 0 atom stereocenters. The molecule has 2 amide bonds. The lowest BCUT2D eigenvalue weighted by Gasteiger charge is -2.13. The Kier molecular flexibility index (Phi) is 7.48. The molecule has 0 radical (unpaired) electrons. The number of ether oxygens (including phenoxy) is 3. The highest BCUT2D eigenvalue weighted by molar-refractivity contribution is 6.10. The van der Waals surface area contributed by atoms with Crippen molar-refractivity contribution in [2.45, 2.75) is 0 Å². The molecule has 7 nitrogen and oxygen atoms in total. The highest BCUT2D eigenvalue weighted by Crippen LogP contribution is 2.28. The largest absolute Gasteiger partial charge is 0.497 e. The van der Waals surface area contributed by atoms with Gasteiger partial charge in [-0.3, -0.25) is 9.59 Å². The van der Waals surface area contributed by atoms with E-state index in [9.17, 15) is 9.59 Å². The maximum atomic E-state index is 13.0. The number of hydrogen-bond donors (Lipinski definition) is 2. The van der Waals surface area contributed by atoms with Gasteiger partial charge in [0, 0.05) is 11.3 Å². The van der Waals surface area contributed by atoms with Gasteiger partial charge in [0.2, 0.25) is 0 Å². The van der Waals surface area contributed by atoms with Crippen molar-refractivity contribution in [3.63, 3.8) is 0 Å². The van der Waals surface area contributed by atoms with E-state index in [0.717, 1.165) is 0 Å². The molecule has 164 valence electrons. The van der Waals surface area contributed by atoms with Gasteiger partial charge in [-0.2, -0.15) is 0 Å². The van der Waals surface area contributed by atoms with E-state index < -0.39 is 11.8 Å². The second kappa shape index (κ2) is 10.7. The van der Waals surface area contributed by atoms with Crippen LogP contribution in [0.4, 0.5) is 5.69 Å². The minimum absolute atomic E-state index is 0.0712. The summed E-state index contributed by atoms with van der Waals surface area (Å²) < 4.78 is 15.7. The van der Waals surface area contributed by atoms with E-state index >= 15 is 0 Å². The number of anilines is 1. The van der Waals surface area contributed by atoms with Crippen LogP contribution in [0.5, 0.6) is 17.2 Å². The molecule has 0 bridgehead atoms. The Hall–Kier alpha value is -4.26. The van der Waals surface area contributed by atoms with Gasteiger partial charge >= 0.3 is 0 Å². The molecule has 32 heavy (non-hydrogen) atoms. The van der Waals surface area contributed by atoms with Crippen LogP contribution < -0.4 is 24.8 Å². The average Bonchev–Trinajstić information content (AvgIpc) is 2.84. The Balaban J connectivity index is 1.91. The fraction of sp³-hybridized carbons (Fsp3) is 0.120. The number of rotatable bonds is 8. The Bertz CT molecular complexity index is 1110. The van der Waals surface area contributed by atoms with Crippen LogP contribution >= 0.6 is 0 Å². The van der Waals surface area contributed by atoms with E-state index in [1.165, 1.54) is 7.11 Å². The molecular weight excluding hydrogens is 408 g/mol. The van der Waals surface area contributed by atoms with E-state index in [2.05, 4.69) is 10.6 Å². The van der Waals surface area contributed by atoms with Crippen LogP contribution in [0.15, 0.2) is 78.5 Å². The highest BCUT2D eigenvalue weighted by Gasteiger charge is 2.16. The molecule has 0 fully saturated rings. The van der Waals surface area contributed by atoms with Crippen molar-refractivity contribution < 1.29 is 23.8 Å². The van der Waals surface area contributed by atoms with Crippen LogP contribution in [0.1, 0.15) is 15.9 Å². The first kappa shape index (κ1) is 22.4. The lowest BCUT2D eigenvalue weighted by Crippen LogP contribution is -2.30. The molecule has 0 spiro atoms. The van der Waals surface area contributed by atoms with Crippen LogP contribution in [0, 0.1) is 0 Å². The van der Waals surface area contributed by atoms with E-state index in [4.69, 9.17) is 14.2 Å². The number of amides is 2. The number of nitrogens with one attached hydrogen (secondary N) is 2. The van der Waals surface area contributed by atoms with Crippen molar-refractivity contribution >= 4 is 23.6 Å². The van der Waals surface area contributed by atoms with Crippen LogP contribution in [0.25, 0.3) is 6.08 Å². The van der Waals surface area contributed by atoms with E-state index in [1.54, 1.807) is 87.0 Å². The molecule has 2 N–H and O–H groups in total. The van der Waals surface area contributed by atoms with E-state index in [-0.39, 0.29) is 5.70 Å². The summed E-state index contributed by atoms with van der Waals surface area (Å²) in [6, 6.07) is 20.8. The summed E-state index contributed by atoms with van der Waals surface area (Å²) >= 11 is 0. The number of carbonyl (C=O) groups is 2. The van der Waals surface area contributed by atoms with Gasteiger partial charge in [-0.05, 0) is 60.2 Å². The van der Waals surface area contributed by atoms with Crippen molar-refractivity contribution in [3.05, 3.63) is 89.6 Å². The molecule has 7 heteroatoms. The summed E-state index contributed by atoms with van der Waals surface area (Å²) in [7, 11) is 4.64. The fourth-order valence-electron chi connectivity index (χ4n) is 2.92. The number of benzene rings is 3. The second-order valence-corrected chi connectivity index (χ2v) is 6.68. The van der Waals surface area contributed by atoms with E-state index in [0.29, 0.717) is 34.1 Å². The maximum Gasteiger partial charge on any atom is 0.272 e. The van der Waals surface area contributed by atoms with Gasteiger partial charge in [0.25, 0.3) is 11.8 Å². The predicted molar refractivity (Wildman–Crippen MR) is 123 cm³/mol. The lowest BCUT2D eigenvalue weighted by atomic mass is 10.1. The van der Waals surface area contributed by atoms with Crippen LogP contribution in [-0.4, -0.2) is 33.1 Å². The van der Waals surface area contributed by atoms with Gasteiger partial charge in [-0.25, -0.2) is 0 Å². The fourth-order valence-corrected chi connectivity index (χ4v) is 2.92. The molecule has 0 aliphatic heterocycles. The van der Waals surface area contributed by atoms with Crippen molar-refractivity contribution in [2.75, 3.05) is 26.6 Å². The van der Waals surface area contributed by atoms with Crippen molar-refractivity contribution in [3.8, 4) is 17.2 Å². The third kappa shape index (κ3) is 5.66. The molecule has 0 saturated carbocycles. The summed E-state index contributed by atoms with van der Waals surface area (Å²) in [6.45, 7) is 0. The third-order valence-electron chi connectivity index (χ3n) is 4.60. The Morgan fingerprint density at radius 2 is 1.47 bits per heavy atom. The van der Waals surface area contributed by atoms with Crippen LogP contribution in [0.3, 0.4) is 0 Å². The molecule has 3 rings (SSSR count). The van der Waals surface area contributed by atoms with Gasteiger partial charge in [-0.1, -0.05) is 24.3 Å². The van der Waals surface area contributed by atoms with Gasteiger partial charge in [-0.15, -0.1) is 0 Å². The molecule has 0 aliphatic rings. The maximum absolute atomic E-state index is 13.0. The molecule has 0 heterocycles. The number of methoxy groups -OCH3 is 3. The molecule has 0 unspecified atom stereocenters. The first-order chi connectivity index (χ1) is 15.5. The Labute approximate surface area is 186 Å². The summed E-state index contributed by atoms with van der Waals surface area (Å²) in [5.74, 6) is 0.852. The molecular formula is C25H24N2O5. The SMILES string of the molecule is COc1ccc(NC(=O)C(=Cc2ccc(OC)c(OC)c2)NC(=O)c2ccccc2)cc1. The van der Waals surface area contributed by atoms with Crippen LogP contribution in [-0.2, 0) is 4.79 Å². The minimum Gasteiger partial charge on any atom is -0.497 e. The highest BCUT2D eigenvalue weighted by atomic mass is 16.5. The van der Waals surface area contributed by atoms with Crippen molar-refractivity contribution in [1.29, 1.82) is 0 Å². The monoisotopic (exact) mass is 432 g/mol. The second-order valence-electron chi connectivity index (χ2n) is 6.68. The predicted octanol–water partition coefficient (Wildman–Crippen LogP) is 4.12. The molecule has 0 aromatic heterocycles. The smallest absolute Gasteiger partial charge is 0.272 e. The van der Waals surface area contributed by atoms with Crippen molar-refractivity contribution in [2.24, 2.45) is 0 Å². The first-order valence-corrected chi connectivity index (χ1v) is 9.79. The molecule has 3 aromatic carbocycles. The van der Waals surface area contributed by atoms with Gasteiger partial charge in [0.1, 0.15) is 11.4 Å². The average molecular weight is 432 g/mol. The summed E-state index contributed by atoms with van der Waals surface area (Å²) in [5.41, 5.74) is 1.71. The number of hydrogen-bond acceptors (Lipinski definition) is 5. The van der Waals surface area contributed by atoms with Gasteiger partial charge in [0.05, 0.1) is 21.3 Å². The topological polar surface area (TPSA) is 85.9 Å². The quantitative estimate of drug-likeness (QED) is 0.523. The summed E-state index contributed by atoms with van der Waals surface area (Å²) in [5, 5.41) is 5.49. The lowest BCUT2D eigenvalue weighted by molar-refractivity contribution is -0.113. The zero-order valence-corrected chi connectivity index (χ0v) is 18.0. The third-order valence-corrected chi connectivity index (χ3v) is 4.60. The zero-order chi connectivity index (χ0) is 22.9. The minimum atomic E-state index is -0.478. The zero-order valence-electron chi connectivity index (χ0n) is 18.0. The van der Waals surface area contributed by atoms with Gasteiger partial charge < -0.3 is 24.8 Å². The standard InChI is InChI=1S/C25H24N2O5/c1-30-20-12-10-19(11-13-20)26-25(29)21(27-24(28)18-7-5-4-6-8-18)15-17-9-14-22(31-2)23(16-17)32-3/h4-16H,1-3H3,(H,26,29)(H,27,28). The summed E-state index contributed by atoms with van der Waals surface area (Å²) in [4.78, 5) is 25.8. The van der Waals surface area contributed by atoms with Crippen LogP contribution in [0.2, 0.25) is 0 Å². The molecule has 0 aliphatic carbocycles. The summed E-state index contributed by atoms with van der Waals surface area (Å²) in [6.07, 6.45) is 1.57. The van der Waals surface area contributed by atoms with Gasteiger partial charge in [0.15, 0.2) is 11.5 Å². The first-order valence-electron chi connectivity index (χ1n) is 9.79. The molecule has 0 saturated heterocycles. The van der Waals surface area contributed by atoms with E-state index in [1.807, 2.05) is 6.07 Å².